The summed E-state index contributed by atoms with van der Waals surface area (Å²) in [5.74, 6) is 0. The molecule has 2 atom stereocenters. The molecule has 1 N–H and O–H groups in total. The van der Waals surface area contributed by atoms with Gasteiger partial charge in [0.15, 0.2) is 0 Å². The number of hydrogen-bond donors (Lipinski definition) is 1. The number of nitrogens with zero attached hydrogens (tertiary/aromatic N) is 2. The molecule has 4 heteroatoms. The average molecular weight is 306 g/mol. The van der Waals surface area contributed by atoms with Gasteiger partial charge in [-0.15, -0.1) is 0 Å². The van der Waals surface area contributed by atoms with Gasteiger partial charge in [-0.2, -0.15) is 0 Å². The third kappa shape index (κ3) is 4.97. The number of hydrogen-bond acceptors (Lipinski definition) is 4. The highest BCUT2D eigenvalue weighted by Crippen LogP contribution is 2.25. The van der Waals surface area contributed by atoms with Crippen LogP contribution >= 0.6 is 0 Å². The van der Waals surface area contributed by atoms with Crippen LogP contribution in [0.3, 0.4) is 0 Å². The molecule has 1 saturated heterocycles. The first-order chi connectivity index (χ1) is 10.2. The van der Waals surface area contributed by atoms with Gasteiger partial charge in [-0.1, -0.05) is 18.2 Å². The monoisotopic (exact) mass is 306 g/mol. The normalized spacial score (nSPS) is 23.1. The first kappa shape index (κ1) is 17.3. The minimum Gasteiger partial charge on any atom is -0.389 e. The smallest absolute Gasteiger partial charge is 0.0726 e. The molecule has 1 aliphatic rings. The van der Waals surface area contributed by atoms with Gasteiger partial charge in [-0.3, -0.25) is 4.90 Å². The molecule has 1 fully saturated rings. The summed E-state index contributed by atoms with van der Waals surface area (Å²) in [5, 5.41) is 9.98. The molecule has 124 valence electrons. The van der Waals surface area contributed by atoms with Gasteiger partial charge < -0.3 is 14.7 Å². The molecule has 0 aromatic heterocycles. The Morgan fingerprint density at radius 2 is 1.82 bits per heavy atom. The summed E-state index contributed by atoms with van der Waals surface area (Å²) in [6.45, 7) is 11.3. The number of para-hydroxylation sites is 1. The third-order valence-corrected chi connectivity index (χ3v) is 3.85. The molecule has 2 unspecified atom stereocenters. The van der Waals surface area contributed by atoms with Crippen molar-refractivity contribution in [1.29, 1.82) is 0 Å². The van der Waals surface area contributed by atoms with Gasteiger partial charge in [0, 0.05) is 31.9 Å². The molecule has 2 rings (SSSR count). The molecule has 4 nitrogen and oxygen atoms in total. The van der Waals surface area contributed by atoms with Gasteiger partial charge in [0.1, 0.15) is 0 Å². The highest BCUT2D eigenvalue weighted by molar-refractivity contribution is 5.54. The highest BCUT2D eigenvalue weighted by atomic mass is 16.5. The molecule has 1 aromatic rings. The SMILES string of the molecule is CC1CN(c2ccccc2CN(C)CC(C)(C)O)CC(C)O1. The van der Waals surface area contributed by atoms with Crippen molar-refractivity contribution < 1.29 is 9.84 Å². The number of rotatable bonds is 5. The fraction of sp³-hybridized carbons (Fsp3) is 0.667. The lowest BCUT2D eigenvalue weighted by Crippen LogP contribution is -2.46. The molecule has 0 spiro atoms. The molecule has 0 saturated carbocycles. The van der Waals surface area contributed by atoms with Gasteiger partial charge in [-0.25, -0.2) is 0 Å². The largest absolute Gasteiger partial charge is 0.389 e. The maximum Gasteiger partial charge on any atom is 0.0726 e. The maximum atomic E-state index is 9.98. The standard InChI is InChI=1S/C18H30N2O2/c1-14-10-20(11-15(2)22-14)17-9-7-6-8-16(17)12-19(5)13-18(3,4)21/h6-9,14-15,21H,10-13H2,1-5H3. The summed E-state index contributed by atoms with van der Waals surface area (Å²) >= 11 is 0. The Kier molecular flexibility index (Phi) is 5.48. The lowest BCUT2D eigenvalue weighted by Gasteiger charge is -2.38. The van der Waals surface area contributed by atoms with Crippen molar-refractivity contribution in [3.8, 4) is 0 Å². The van der Waals surface area contributed by atoms with Gasteiger partial charge in [-0.05, 0) is 46.4 Å². The van der Waals surface area contributed by atoms with Crippen molar-refractivity contribution in [1.82, 2.24) is 4.90 Å². The summed E-state index contributed by atoms with van der Waals surface area (Å²) in [6, 6.07) is 8.56. The second-order valence-corrected chi connectivity index (χ2v) is 7.28. The summed E-state index contributed by atoms with van der Waals surface area (Å²) < 4.78 is 5.84. The lowest BCUT2D eigenvalue weighted by atomic mass is 10.1. The van der Waals surface area contributed by atoms with Crippen LogP contribution in [0.1, 0.15) is 33.3 Å². The Hall–Kier alpha value is -1.10. The zero-order chi connectivity index (χ0) is 16.3. The van der Waals surface area contributed by atoms with Crippen LogP contribution in [0.4, 0.5) is 5.69 Å². The summed E-state index contributed by atoms with van der Waals surface area (Å²) in [4.78, 5) is 4.60. The fourth-order valence-electron chi connectivity index (χ4n) is 3.33. The van der Waals surface area contributed by atoms with E-state index in [1.807, 2.05) is 13.8 Å². The van der Waals surface area contributed by atoms with Crippen LogP contribution in [0.2, 0.25) is 0 Å². The van der Waals surface area contributed by atoms with E-state index in [0.29, 0.717) is 6.54 Å². The number of ether oxygens (including phenoxy) is 1. The van der Waals surface area contributed by atoms with Crippen LogP contribution in [-0.2, 0) is 11.3 Å². The van der Waals surface area contributed by atoms with Crippen molar-refractivity contribution in [2.75, 3.05) is 31.6 Å². The van der Waals surface area contributed by atoms with Gasteiger partial charge in [0.2, 0.25) is 0 Å². The second kappa shape index (κ2) is 6.99. The third-order valence-electron chi connectivity index (χ3n) is 3.85. The number of morpholine rings is 1. The van der Waals surface area contributed by atoms with E-state index in [9.17, 15) is 5.11 Å². The molecule has 0 bridgehead atoms. The quantitative estimate of drug-likeness (QED) is 0.907. The molecule has 1 aliphatic heterocycles. The van der Waals surface area contributed by atoms with Gasteiger partial charge >= 0.3 is 0 Å². The molecule has 1 heterocycles. The topological polar surface area (TPSA) is 35.9 Å². The predicted octanol–water partition coefficient (Wildman–Crippen LogP) is 2.50. The first-order valence-electron chi connectivity index (χ1n) is 8.14. The fourth-order valence-corrected chi connectivity index (χ4v) is 3.33. The Morgan fingerprint density at radius 3 is 2.41 bits per heavy atom. The Morgan fingerprint density at radius 1 is 1.23 bits per heavy atom. The van der Waals surface area contributed by atoms with Crippen molar-refractivity contribution in [2.24, 2.45) is 0 Å². The zero-order valence-electron chi connectivity index (χ0n) is 14.5. The highest BCUT2D eigenvalue weighted by Gasteiger charge is 2.24. The number of likely N-dealkylation sites (N-methyl/N-ethyl adjacent to an activating group) is 1. The van der Waals surface area contributed by atoms with Crippen LogP contribution in [-0.4, -0.2) is 54.5 Å². The predicted molar refractivity (Wildman–Crippen MR) is 91.3 cm³/mol. The zero-order valence-corrected chi connectivity index (χ0v) is 14.5. The first-order valence-corrected chi connectivity index (χ1v) is 8.14. The maximum absolute atomic E-state index is 9.98. The molecule has 0 radical (unpaired) electrons. The van der Waals surface area contributed by atoms with Crippen LogP contribution in [0.5, 0.6) is 0 Å². The van der Waals surface area contributed by atoms with E-state index in [2.05, 4.69) is 55.0 Å². The number of benzene rings is 1. The van der Waals surface area contributed by atoms with Crippen molar-refractivity contribution in [3.05, 3.63) is 29.8 Å². The molecule has 1 aromatic carbocycles. The minimum absolute atomic E-state index is 0.255. The second-order valence-electron chi connectivity index (χ2n) is 7.28. The molecule has 22 heavy (non-hydrogen) atoms. The van der Waals surface area contributed by atoms with Crippen molar-refractivity contribution >= 4 is 5.69 Å². The number of aliphatic hydroxyl groups is 1. The summed E-state index contributed by atoms with van der Waals surface area (Å²) in [5.41, 5.74) is 1.91. The van der Waals surface area contributed by atoms with E-state index in [-0.39, 0.29) is 12.2 Å². The van der Waals surface area contributed by atoms with E-state index >= 15 is 0 Å². The van der Waals surface area contributed by atoms with E-state index < -0.39 is 5.60 Å². The van der Waals surface area contributed by atoms with Crippen LogP contribution in [0.25, 0.3) is 0 Å². The van der Waals surface area contributed by atoms with Crippen LogP contribution in [0, 0.1) is 0 Å². The Balaban J connectivity index is 2.13. The van der Waals surface area contributed by atoms with E-state index in [1.165, 1.54) is 11.3 Å². The van der Waals surface area contributed by atoms with Crippen molar-refractivity contribution in [2.45, 2.75) is 52.0 Å². The average Bonchev–Trinajstić information content (AvgIpc) is 2.35. The number of anilines is 1. The van der Waals surface area contributed by atoms with E-state index in [4.69, 9.17) is 4.74 Å². The summed E-state index contributed by atoms with van der Waals surface area (Å²) in [7, 11) is 2.05. The van der Waals surface area contributed by atoms with E-state index in [1.54, 1.807) is 0 Å². The van der Waals surface area contributed by atoms with Crippen LogP contribution < -0.4 is 4.90 Å². The molecular formula is C18H30N2O2. The van der Waals surface area contributed by atoms with Crippen molar-refractivity contribution in [3.63, 3.8) is 0 Å². The Labute approximate surface area is 134 Å². The minimum atomic E-state index is -0.675. The summed E-state index contributed by atoms with van der Waals surface area (Å²) in [6.07, 6.45) is 0.511. The Bertz CT molecular complexity index is 474. The van der Waals surface area contributed by atoms with Gasteiger partial charge in [0.05, 0.1) is 17.8 Å². The van der Waals surface area contributed by atoms with Crippen LogP contribution in [0.15, 0.2) is 24.3 Å². The molecular weight excluding hydrogens is 276 g/mol. The van der Waals surface area contributed by atoms with Gasteiger partial charge in [0.25, 0.3) is 0 Å². The molecule has 0 aliphatic carbocycles. The van der Waals surface area contributed by atoms with E-state index in [0.717, 1.165) is 19.6 Å². The molecule has 0 amide bonds. The lowest BCUT2D eigenvalue weighted by molar-refractivity contribution is -0.00530.